The van der Waals surface area contributed by atoms with Gasteiger partial charge in [-0.15, -0.1) is 0 Å². The Hall–Kier alpha value is -2.58. The molecule has 1 aromatic heterocycles. The lowest BCUT2D eigenvalue weighted by Gasteiger charge is -2.15. The van der Waals surface area contributed by atoms with E-state index >= 15 is 0 Å². The molecule has 130 valence electrons. The normalized spacial score (nSPS) is 15.5. The second-order valence-corrected chi connectivity index (χ2v) is 7.56. The first-order chi connectivity index (χ1) is 12.1. The largest absolute Gasteiger partial charge is 0.271 e. The summed E-state index contributed by atoms with van der Waals surface area (Å²) in [6, 6.07) is 9.44. The number of benzene rings is 1. The van der Waals surface area contributed by atoms with E-state index in [4.69, 9.17) is 0 Å². The van der Waals surface area contributed by atoms with Crippen molar-refractivity contribution >= 4 is 22.1 Å². The van der Waals surface area contributed by atoms with Gasteiger partial charge < -0.3 is 0 Å². The third-order valence-corrected chi connectivity index (χ3v) is 5.80. The average Bonchev–Trinajstić information content (AvgIpc) is 3.18. The Morgan fingerprint density at radius 1 is 1.16 bits per heavy atom. The van der Waals surface area contributed by atoms with Gasteiger partial charge in [-0.1, -0.05) is 6.07 Å². The number of carbonyl (C=O) groups excluding carboxylic acids is 1. The molecule has 0 radical (unpaired) electrons. The van der Waals surface area contributed by atoms with Crippen LogP contribution < -0.4 is 5.43 Å². The fraction of sp³-hybridized carbons (Fsp3) is 0.235. The Morgan fingerprint density at radius 2 is 1.88 bits per heavy atom. The summed E-state index contributed by atoms with van der Waals surface area (Å²) in [7, 11) is -3.47. The van der Waals surface area contributed by atoms with E-state index < -0.39 is 15.9 Å². The van der Waals surface area contributed by atoms with E-state index in [9.17, 15) is 13.2 Å². The number of hydrazone groups is 1. The summed E-state index contributed by atoms with van der Waals surface area (Å²) in [5.41, 5.74) is 3.50. The molecule has 1 aromatic carbocycles. The molecule has 0 saturated carbocycles. The topological polar surface area (TPSA) is 91.7 Å². The van der Waals surface area contributed by atoms with E-state index in [1.165, 1.54) is 34.8 Å². The van der Waals surface area contributed by atoms with Crippen LogP contribution in [-0.2, 0) is 10.0 Å². The highest BCUT2D eigenvalue weighted by atomic mass is 32.2. The molecule has 25 heavy (non-hydrogen) atoms. The van der Waals surface area contributed by atoms with Crippen LogP contribution in [0.4, 0.5) is 0 Å². The second kappa shape index (κ2) is 7.54. The van der Waals surface area contributed by atoms with Gasteiger partial charge in [0.1, 0.15) is 0 Å². The Morgan fingerprint density at radius 3 is 2.52 bits per heavy atom. The molecular weight excluding hydrogens is 340 g/mol. The summed E-state index contributed by atoms with van der Waals surface area (Å²) < 4.78 is 26.4. The molecule has 0 aliphatic carbocycles. The summed E-state index contributed by atoms with van der Waals surface area (Å²) in [6.07, 6.45) is 6.52. The minimum atomic E-state index is -3.47. The van der Waals surface area contributed by atoms with Gasteiger partial charge in [-0.05, 0) is 43.2 Å². The number of sulfonamides is 1. The summed E-state index contributed by atoms with van der Waals surface area (Å²) >= 11 is 0. The third-order valence-electron chi connectivity index (χ3n) is 3.88. The van der Waals surface area contributed by atoms with Crippen molar-refractivity contribution in [2.75, 3.05) is 13.1 Å². The van der Waals surface area contributed by atoms with Gasteiger partial charge in [0.05, 0.1) is 11.1 Å². The van der Waals surface area contributed by atoms with Gasteiger partial charge in [-0.3, -0.25) is 9.78 Å². The number of carbonyl (C=O) groups is 1. The monoisotopic (exact) mass is 358 g/mol. The summed E-state index contributed by atoms with van der Waals surface area (Å²) in [5.74, 6) is -0.412. The molecule has 0 bridgehead atoms. The standard InChI is InChI=1S/C17H18N4O3S/c22-17(20-19-13-14-4-3-9-18-12-14)15-5-7-16(8-6-15)25(23,24)21-10-1-2-11-21/h3-9,12-13H,1-2,10-11H2,(H,20,22)/b19-13-. The number of pyridine rings is 1. The minimum Gasteiger partial charge on any atom is -0.267 e. The van der Waals surface area contributed by atoms with Crippen LogP contribution in [0.25, 0.3) is 0 Å². The molecule has 1 N–H and O–H groups in total. The van der Waals surface area contributed by atoms with Crippen molar-refractivity contribution < 1.29 is 13.2 Å². The van der Waals surface area contributed by atoms with Gasteiger partial charge in [0.25, 0.3) is 5.91 Å². The molecule has 2 aromatic rings. The number of amides is 1. The molecule has 1 amide bonds. The predicted molar refractivity (Wildman–Crippen MR) is 93.7 cm³/mol. The van der Waals surface area contributed by atoms with E-state index in [1.54, 1.807) is 24.5 Å². The highest BCUT2D eigenvalue weighted by Crippen LogP contribution is 2.21. The van der Waals surface area contributed by atoms with Gasteiger partial charge in [0.2, 0.25) is 10.0 Å². The van der Waals surface area contributed by atoms with Crippen LogP contribution in [0.15, 0.2) is 58.8 Å². The summed E-state index contributed by atoms with van der Waals surface area (Å²) in [5, 5.41) is 3.86. The van der Waals surface area contributed by atoms with Crippen LogP contribution in [0, 0.1) is 0 Å². The molecule has 0 spiro atoms. The molecule has 0 atom stereocenters. The van der Waals surface area contributed by atoms with Crippen molar-refractivity contribution in [3.05, 3.63) is 59.9 Å². The first-order valence-corrected chi connectivity index (χ1v) is 9.35. The first-order valence-electron chi connectivity index (χ1n) is 7.91. The number of aromatic nitrogens is 1. The SMILES string of the molecule is O=C(N/N=C\c1cccnc1)c1ccc(S(=O)(=O)N2CCCC2)cc1. The maximum absolute atomic E-state index is 12.4. The Balaban J connectivity index is 1.65. The van der Waals surface area contributed by atoms with E-state index in [2.05, 4.69) is 15.5 Å². The molecule has 1 fully saturated rings. The maximum Gasteiger partial charge on any atom is 0.271 e. The lowest BCUT2D eigenvalue weighted by Crippen LogP contribution is -2.28. The Kier molecular flexibility index (Phi) is 5.20. The highest BCUT2D eigenvalue weighted by molar-refractivity contribution is 7.89. The fourth-order valence-electron chi connectivity index (χ4n) is 2.54. The number of hydrogen-bond acceptors (Lipinski definition) is 5. The zero-order chi connectivity index (χ0) is 17.7. The number of rotatable bonds is 5. The van der Waals surface area contributed by atoms with Gasteiger partial charge >= 0.3 is 0 Å². The lowest BCUT2D eigenvalue weighted by atomic mass is 10.2. The predicted octanol–water partition coefficient (Wildman–Crippen LogP) is 1.63. The van der Waals surface area contributed by atoms with Crippen molar-refractivity contribution in [2.24, 2.45) is 5.10 Å². The van der Waals surface area contributed by atoms with Crippen LogP contribution in [0.1, 0.15) is 28.8 Å². The fourth-order valence-corrected chi connectivity index (χ4v) is 4.06. The van der Waals surface area contributed by atoms with Crippen LogP contribution in [0.5, 0.6) is 0 Å². The highest BCUT2D eigenvalue weighted by Gasteiger charge is 2.27. The molecule has 0 unspecified atom stereocenters. The van der Waals surface area contributed by atoms with Gasteiger partial charge in [-0.2, -0.15) is 9.41 Å². The molecule has 7 nitrogen and oxygen atoms in total. The minimum absolute atomic E-state index is 0.199. The van der Waals surface area contributed by atoms with Crippen molar-refractivity contribution in [3.63, 3.8) is 0 Å². The first kappa shape index (κ1) is 17.2. The maximum atomic E-state index is 12.4. The zero-order valence-electron chi connectivity index (χ0n) is 13.5. The number of nitrogens with zero attached hydrogens (tertiary/aromatic N) is 3. The smallest absolute Gasteiger partial charge is 0.267 e. The quantitative estimate of drug-likeness (QED) is 0.649. The molecule has 1 aliphatic rings. The zero-order valence-corrected chi connectivity index (χ0v) is 14.3. The average molecular weight is 358 g/mol. The summed E-state index contributed by atoms with van der Waals surface area (Å²) in [6.45, 7) is 1.10. The van der Waals surface area contributed by atoms with Gasteiger partial charge in [0.15, 0.2) is 0 Å². The summed E-state index contributed by atoms with van der Waals surface area (Å²) in [4.78, 5) is 16.2. The van der Waals surface area contributed by atoms with Crippen molar-refractivity contribution in [2.45, 2.75) is 17.7 Å². The number of nitrogens with one attached hydrogen (secondary N) is 1. The molecular formula is C17H18N4O3S. The van der Waals surface area contributed by atoms with Crippen molar-refractivity contribution in [1.29, 1.82) is 0 Å². The van der Waals surface area contributed by atoms with Crippen molar-refractivity contribution in [3.8, 4) is 0 Å². The number of hydrogen-bond donors (Lipinski definition) is 1. The Labute approximate surface area is 146 Å². The van der Waals surface area contributed by atoms with E-state index in [0.29, 0.717) is 18.7 Å². The molecule has 3 rings (SSSR count). The Bertz CT molecular complexity index is 859. The molecule has 1 saturated heterocycles. The third kappa shape index (κ3) is 4.09. The molecule has 1 aliphatic heterocycles. The molecule has 8 heteroatoms. The van der Waals surface area contributed by atoms with E-state index in [1.807, 2.05) is 0 Å². The molecule has 2 heterocycles. The van der Waals surface area contributed by atoms with Gasteiger partial charge in [0, 0.05) is 36.6 Å². The van der Waals surface area contributed by atoms with E-state index in [-0.39, 0.29) is 4.90 Å². The van der Waals surface area contributed by atoms with Crippen molar-refractivity contribution in [1.82, 2.24) is 14.7 Å². The lowest BCUT2D eigenvalue weighted by molar-refractivity contribution is 0.0955. The van der Waals surface area contributed by atoms with Crippen LogP contribution >= 0.6 is 0 Å². The van der Waals surface area contributed by atoms with Crippen LogP contribution in [-0.4, -0.2) is 42.9 Å². The van der Waals surface area contributed by atoms with Gasteiger partial charge in [-0.25, -0.2) is 13.8 Å². The van der Waals surface area contributed by atoms with Crippen LogP contribution in [0.2, 0.25) is 0 Å². The van der Waals surface area contributed by atoms with E-state index in [0.717, 1.165) is 18.4 Å². The second-order valence-electron chi connectivity index (χ2n) is 5.62. The van der Waals surface area contributed by atoms with Crippen LogP contribution in [0.3, 0.4) is 0 Å².